The van der Waals surface area contributed by atoms with Crippen molar-refractivity contribution in [2.45, 2.75) is 38.8 Å². The number of ether oxygens (including phenoxy) is 1. The summed E-state index contributed by atoms with van der Waals surface area (Å²) in [4.78, 5) is 6.63. The second-order valence-electron chi connectivity index (χ2n) is 6.70. The highest BCUT2D eigenvalue weighted by Crippen LogP contribution is 2.39. The van der Waals surface area contributed by atoms with Gasteiger partial charge in [-0.3, -0.25) is 4.99 Å². The van der Waals surface area contributed by atoms with Crippen LogP contribution in [0.2, 0.25) is 0 Å². The summed E-state index contributed by atoms with van der Waals surface area (Å²) in [6.07, 6.45) is 0.902. The van der Waals surface area contributed by atoms with E-state index in [1.165, 1.54) is 5.56 Å². The van der Waals surface area contributed by atoms with Gasteiger partial charge in [0.25, 0.3) is 0 Å². The highest BCUT2D eigenvalue weighted by atomic mass is 127. The fourth-order valence-electron chi connectivity index (χ4n) is 2.81. The molecule has 1 aliphatic heterocycles. The van der Waals surface area contributed by atoms with E-state index >= 15 is 0 Å². The molecule has 0 bridgehead atoms. The molecule has 0 saturated carbocycles. The fraction of sp³-hybridized carbons (Fsp3) is 0.611. The molecule has 0 saturated heterocycles. The van der Waals surface area contributed by atoms with Crippen molar-refractivity contribution in [1.82, 2.24) is 15.5 Å². The van der Waals surface area contributed by atoms with Crippen LogP contribution < -0.4 is 15.4 Å². The molecule has 136 valence electrons. The molecule has 24 heavy (non-hydrogen) atoms. The maximum atomic E-state index is 6.08. The monoisotopic (exact) mass is 446 g/mol. The molecule has 2 rings (SSSR count). The first-order valence-corrected chi connectivity index (χ1v) is 8.39. The molecule has 1 aromatic rings. The Morgan fingerprint density at radius 1 is 1.38 bits per heavy atom. The summed E-state index contributed by atoms with van der Waals surface area (Å²) in [6, 6.07) is 8.44. The van der Waals surface area contributed by atoms with Gasteiger partial charge in [0.05, 0.1) is 6.04 Å². The summed E-state index contributed by atoms with van der Waals surface area (Å²) in [7, 11) is 3.93. The lowest BCUT2D eigenvalue weighted by Gasteiger charge is -2.38. The first-order chi connectivity index (χ1) is 10.9. The molecular formula is C18H31IN4O. The van der Waals surface area contributed by atoms with Crippen molar-refractivity contribution in [2.75, 3.05) is 33.7 Å². The van der Waals surface area contributed by atoms with Gasteiger partial charge in [0.15, 0.2) is 5.96 Å². The second-order valence-corrected chi connectivity index (χ2v) is 6.70. The minimum Gasteiger partial charge on any atom is -0.487 e. The Balaban J connectivity index is 0.00000288. The minimum atomic E-state index is -0.187. The number of hydrogen-bond acceptors (Lipinski definition) is 3. The summed E-state index contributed by atoms with van der Waals surface area (Å²) in [5.41, 5.74) is 1.01. The Labute approximate surface area is 163 Å². The van der Waals surface area contributed by atoms with Crippen molar-refractivity contribution in [2.24, 2.45) is 4.99 Å². The van der Waals surface area contributed by atoms with Crippen LogP contribution in [0.3, 0.4) is 0 Å². The van der Waals surface area contributed by atoms with Crippen molar-refractivity contribution in [3.63, 3.8) is 0 Å². The van der Waals surface area contributed by atoms with Gasteiger partial charge in [-0.15, -0.1) is 24.0 Å². The summed E-state index contributed by atoms with van der Waals surface area (Å²) >= 11 is 0. The molecule has 1 aromatic carbocycles. The number of aliphatic imine (C=N–C) groups is 1. The molecule has 0 aromatic heterocycles. The maximum absolute atomic E-state index is 6.08. The summed E-state index contributed by atoms with van der Waals surface area (Å²) in [6.45, 7) is 9.34. The van der Waals surface area contributed by atoms with E-state index in [0.717, 1.165) is 37.8 Å². The Hall–Kier alpha value is -1.02. The number of nitrogens with zero attached hydrogens (tertiary/aromatic N) is 2. The van der Waals surface area contributed by atoms with E-state index in [1.54, 1.807) is 0 Å². The molecule has 1 heterocycles. The minimum absolute atomic E-state index is 0. The van der Waals surface area contributed by atoms with Crippen molar-refractivity contribution in [1.29, 1.82) is 0 Å². The molecule has 0 spiro atoms. The summed E-state index contributed by atoms with van der Waals surface area (Å²) in [5.74, 6) is 1.80. The Kier molecular flexibility index (Phi) is 8.29. The third-order valence-electron chi connectivity index (χ3n) is 4.24. The van der Waals surface area contributed by atoms with E-state index in [1.807, 2.05) is 19.2 Å². The van der Waals surface area contributed by atoms with Crippen molar-refractivity contribution >= 4 is 29.9 Å². The zero-order valence-electron chi connectivity index (χ0n) is 15.4. The largest absolute Gasteiger partial charge is 0.487 e. The van der Waals surface area contributed by atoms with Crippen LogP contribution in [0.5, 0.6) is 5.75 Å². The zero-order valence-corrected chi connectivity index (χ0v) is 17.8. The lowest BCUT2D eigenvalue weighted by Crippen LogP contribution is -2.46. The first kappa shape index (κ1) is 21.0. The van der Waals surface area contributed by atoms with Gasteiger partial charge < -0.3 is 20.3 Å². The van der Waals surface area contributed by atoms with Crippen molar-refractivity contribution in [3.8, 4) is 5.75 Å². The molecule has 0 aliphatic carbocycles. The molecule has 2 N–H and O–H groups in total. The smallest absolute Gasteiger partial charge is 0.191 e. The number of nitrogens with one attached hydrogen (secondary N) is 2. The molecule has 0 fully saturated rings. The molecule has 5 nitrogen and oxygen atoms in total. The third kappa shape index (κ3) is 5.81. The average Bonchev–Trinajstić information content (AvgIpc) is 2.52. The van der Waals surface area contributed by atoms with Crippen LogP contribution >= 0.6 is 24.0 Å². The number of para-hydroxylation sites is 1. The molecule has 1 aliphatic rings. The van der Waals surface area contributed by atoms with Gasteiger partial charge in [0, 0.05) is 32.1 Å². The van der Waals surface area contributed by atoms with E-state index < -0.39 is 0 Å². The topological polar surface area (TPSA) is 48.9 Å². The summed E-state index contributed by atoms with van der Waals surface area (Å²) < 4.78 is 6.08. The average molecular weight is 446 g/mol. The molecule has 0 amide bonds. The van der Waals surface area contributed by atoms with E-state index in [-0.39, 0.29) is 35.6 Å². The van der Waals surface area contributed by atoms with Crippen LogP contribution in [0.15, 0.2) is 29.3 Å². The quantitative estimate of drug-likeness (QED) is 0.415. The van der Waals surface area contributed by atoms with Crippen LogP contribution in [0.25, 0.3) is 0 Å². The lowest BCUT2D eigenvalue weighted by molar-refractivity contribution is 0.0694. The van der Waals surface area contributed by atoms with E-state index in [0.29, 0.717) is 0 Å². The van der Waals surface area contributed by atoms with Gasteiger partial charge >= 0.3 is 0 Å². The first-order valence-electron chi connectivity index (χ1n) is 8.39. The Morgan fingerprint density at radius 2 is 2.08 bits per heavy atom. The number of fused-ring (bicyclic) bond motifs is 1. The fourth-order valence-corrected chi connectivity index (χ4v) is 2.81. The lowest BCUT2D eigenvalue weighted by atomic mass is 9.90. The molecule has 1 atom stereocenters. The SMILES string of the molecule is CCN(C)CCNC(=NC)NC1CC(C)(C)Oc2ccccc21.I. The maximum Gasteiger partial charge on any atom is 0.191 e. The van der Waals surface area contributed by atoms with E-state index in [2.05, 4.69) is 60.5 Å². The summed E-state index contributed by atoms with van der Waals surface area (Å²) in [5, 5.41) is 6.95. The van der Waals surface area contributed by atoms with E-state index in [9.17, 15) is 0 Å². The predicted octanol–water partition coefficient (Wildman–Crippen LogP) is 3.02. The Morgan fingerprint density at radius 3 is 2.75 bits per heavy atom. The van der Waals surface area contributed by atoms with Gasteiger partial charge in [0.2, 0.25) is 0 Å². The van der Waals surface area contributed by atoms with Gasteiger partial charge in [-0.2, -0.15) is 0 Å². The van der Waals surface area contributed by atoms with Crippen molar-refractivity contribution < 1.29 is 4.74 Å². The van der Waals surface area contributed by atoms with Crippen molar-refractivity contribution in [3.05, 3.63) is 29.8 Å². The zero-order chi connectivity index (χ0) is 16.9. The van der Waals surface area contributed by atoms with Gasteiger partial charge in [-0.1, -0.05) is 25.1 Å². The molecule has 1 unspecified atom stereocenters. The normalized spacial score (nSPS) is 19.1. The molecule has 6 heteroatoms. The highest BCUT2D eigenvalue weighted by Gasteiger charge is 2.33. The number of benzene rings is 1. The molecule has 0 radical (unpaired) electrons. The number of hydrogen-bond donors (Lipinski definition) is 2. The van der Waals surface area contributed by atoms with Gasteiger partial charge in [-0.05, 0) is 33.5 Å². The predicted molar refractivity (Wildman–Crippen MR) is 112 cm³/mol. The Bertz CT molecular complexity index is 548. The van der Waals surface area contributed by atoms with Gasteiger partial charge in [-0.25, -0.2) is 0 Å². The van der Waals surface area contributed by atoms with Crippen LogP contribution in [0, 0.1) is 0 Å². The number of halogens is 1. The van der Waals surface area contributed by atoms with Gasteiger partial charge in [0.1, 0.15) is 11.4 Å². The second kappa shape index (κ2) is 9.46. The number of guanidine groups is 1. The highest BCUT2D eigenvalue weighted by molar-refractivity contribution is 14.0. The van der Waals surface area contributed by atoms with Crippen LogP contribution in [0.1, 0.15) is 38.8 Å². The molecular weight excluding hydrogens is 415 g/mol. The van der Waals surface area contributed by atoms with Crippen LogP contribution in [0.4, 0.5) is 0 Å². The van der Waals surface area contributed by atoms with Crippen LogP contribution in [-0.2, 0) is 0 Å². The van der Waals surface area contributed by atoms with E-state index in [4.69, 9.17) is 4.74 Å². The number of rotatable bonds is 5. The third-order valence-corrected chi connectivity index (χ3v) is 4.24. The number of likely N-dealkylation sites (N-methyl/N-ethyl adjacent to an activating group) is 1. The van der Waals surface area contributed by atoms with Crippen LogP contribution in [-0.4, -0.2) is 50.2 Å². The standard InChI is InChI=1S/C18H30N4O.HI/c1-6-22(5)12-11-20-17(19-4)21-15-13-18(2,3)23-16-10-8-7-9-14(15)16;/h7-10,15H,6,11-13H2,1-5H3,(H2,19,20,21);1H.